The Labute approximate surface area is 144 Å². The number of hydrogen-bond acceptors (Lipinski definition) is 3. The van der Waals surface area contributed by atoms with Gasteiger partial charge < -0.3 is 15.5 Å². The Morgan fingerprint density at radius 2 is 1.86 bits per heavy atom. The van der Waals surface area contributed by atoms with Crippen LogP contribution in [0.1, 0.15) is 26.2 Å². The van der Waals surface area contributed by atoms with Crippen LogP contribution < -0.4 is 15.5 Å². The largest absolute Gasteiger partial charge is 0.368 e. The maximum atomic E-state index is 12.8. The van der Waals surface area contributed by atoms with Crippen LogP contribution in [0.15, 0.2) is 24.3 Å². The number of nitrogens with two attached hydrogens (primary N) is 1. The zero-order chi connectivity index (χ0) is 14.1. The molecule has 4 nitrogen and oxygen atoms in total. The van der Waals surface area contributed by atoms with Crippen LogP contribution in [-0.2, 0) is 4.79 Å². The lowest BCUT2D eigenvalue weighted by Gasteiger charge is -2.38. The molecule has 2 unspecified atom stereocenters. The van der Waals surface area contributed by atoms with Gasteiger partial charge >= 0.3 is 0 Å². The first kappa shape index (κ1) is 19.1. The first-order valence-corrected chi connectivity index (χ1v) is 7.61. The Morgan fingerprint density at radius 1 is 1.18 bits per heavy atom. The van der Waals surface area contributed by atoms with Crippen LogP contribution in [-0.4, -0.2) is 31.6 Å². The third-order valence-electron chi connectivity index (χ3n) is 4.58. The first-order valence-electron chi connectivity index (χ1n) is 7.61. The number of nitrogens with zero attached hydrogens (tertiary/aromatic N) is 2. The van der Waals surface area contributed by atoms with E-state index in [1.165, 1.54) is 5.69 Å². The molecule has 2 N–H and O–H groups in total. The van der Waals surface area contributed by atoms with Crippen molar-refractivity contribution in [1.29, 1.82) is 0 Å². The van der Waals surface area contributed by atoms with Crippen molar-refractivity contribution >= 4 is 42.1 Å². The van der Waals surface area contributed by atoms with Gasteiger partial charge in [-0.15, -0.1) is 24.8 Å². The number of amides is 1. The predicted molar refractivity (Wildman–Crippen MR) is 96.5 cm³/mol. The maximum Gasteiger partial charge on any atom is 0.230 e. The number of para-hydroxylation sites is 2. The van der Waals surface area contributed by atoms with Crippen LogP contribution in [0, 0.1) is 5.92 Å². The molecule has 0 aromatic heterocycles. The highest BCUT2D eigenvalue weighted by molar-refractivity contribution is 5.99. The van der Waals surface area contributed by atoms with Crippen molar-refractivity contribution < 1.29 is 4.79 Å². The molecule has 0 spiro atoms. The summed E-state index contributed by atoms with van der Waals surface area (Å²) in [4.78, 5) is 17.1. The van der Waals surface area contributed by atoms with Crippen LogP contribution in [0.5, 0.6) is 0 Å². The molecule has 1 fully saturated rings. The smallest absolute Gasteiger partial charge is 0.230 e. The fraction of sp³-hybridized carbons (Fsp3) is 0.562. The van der Waals surface area contributed by atoms with Gasteiger partial charge in [-0.3, -0.25) is 4.79 Å². The van der Waals surface area contributed by atoms with Crippen LogP contribution >= 0.6 is 24.8 Å². The highest BCUT2D eigenvalue weighted by atomic mass is 35.5. The number of halogens is 2. The summed E-state index contributed by atoms with van der Waals surface area (Å²) in [6.45, 7) is 4.84. The highest BCUT2D eigenvalue weighted by Crippen LogP contribution is 2.35. The van der Waals surface area contributed by atoms with Crippen molar-refractivity contribution in [3.8, 4) is 0 Å². The maximum absolute atomic E-state index is 12.8. The van der Waals surface area contributed by atoms with Crippen molar-refractivity contribution in [3.05, 3.63) is 24.3 Å². The van der Waals surface area contributed by atoms with Crippen LogP contribution in [0.3, 0.4) is 0 Å². The van der Waals surface area contributed by atoms with E-state index in [0.717, 1.165) is 44.6 Å². The SMILES string of the molecule is CCN1CCN(C(=O)C2CCC(N)C2)c2ccccc21.Cl.Cl. The molecule has 1 amide bonds. The number of likely N-dealkylation sites (N-methyl/N-ethyl adjacent to an activating group) is 1. The molecule has 0 bridgehead atoms. The molecule has 1 aliphatic heterocycles. The van der Waals surface area contributed by atoms with Gasteiger partial charge in [0.05, 0.1) is 11.4 Å². The molecule has 3 rings (SSSR count). The van der Waals surface area contributed by atoms with Crippen LogP contribution in [0.25, 0.3) is 0 Å². The molecule has 22 heavy (non-hydrogen) atoms. The molecule has 1 heterocycles. The lowest BCUT2D eigenvalue weighted by Crippen LogP contribution is -2.46. The molecule has 124 valence electrons. The molecule has 2 aliphatic rings. The Hall–Kier alpha value is -0.970. The van der Waals surface area contributed by atoms with E-state index in [-0.39, 0.29) is 42.7 Å². The predicted octanol–water partition coefficient (Wildman–Crippen LogP) is 2.83. The lowest BCUT2D eigenvalue weighted by molar-refractivity contribution is -0.122. The Kier molecular flexibility index (Phi) is 6.98. The topological polar surface area (TPSA) is 49.6 Å². The van der Waals surface area contributed by atoms with Crippen molar-refractivity contribution in [1.82, 2.24) is 0 Å². The third kappa shape index (κ3) is 3.50. The van der Waals surface area contributed by atoms with E-state index in [9.17, 15) is 4.79 Å². The number of fused-ring (bicyclic) bond motifs is 1. The average Bonchev–Trinajstić information content (AvgIpc) is 2.92. The van der Waals surface area contributed by atoms with E-state index < -0.39 is 0 Å². The van der Waals surface area contributed by atoms with Crippen molar-refractivity contribution in [2.75, 3.05) is 29.4 Å². The Balaban J connectivity index is 0.00000121. The molecule has 0 saturated heterocycles. The lowest BCUT2D eigenvalue weighted by atomic mass is 10.0. The molecule has 6 heteroatoms. The van der Waals surface area contributed by atoms with E-state index in [4.69, 9.17) is 5.73 Å². The Morgan fingerprint density at radius 3 is 2.45 bits per heavy atom. The van der Waals surface area contributed by atoms with Gasteiger partial charge in [-0.1, -0.05) is 12.1 Å². The number of benzene rings is 1. The summed E-state index contributed by atoms with van der Waals surface area (Å²) in [5.41, 5.74) is 8.19. The standard InChI is InChI=1S/C16H23N3O.2ClH/c1-2-18-9-10-19(15-6-4-3-5-14(15)18)16(20)12-7-8-13(17)11-12;;/h3-6,12-13H,2,7-11,17H2,1H3;2*1H. The van der Waals surface area contributed by atoms with Gasteiger partial charge in [0.25, 0.3) is 0 Å². The van der Waals surface area contributed by atoms with Crippen molar-refractivity contribution in [2.24, 2.45) is 11.7 Å². The minimum atomic E-state index is 0. The fourth-order valence-electron chi connectivity index (χ4n) is 3.44. The van der Waals surface area contributed by atoms with Crippen molar-refractivity contribution in [2.45, 2.75) is 32.2 Å². The highest BCUT2D eigenvalue weighted by Gasteiger charge is 2.34. The fourth-order valence-corrected chi connectivity index (χ4v) is 3.44. The second-order valence-corrected chi connectivity index (χ2v) is 5.83. The number of hydrogen-bond donors (Lipinski definition) is 1. The van der Waals surface area contributed by atoms with Gasteiger partial charge in [0.2, 0.25) is 5.91 Å². The van der Waals surface area contributed by atoms with E-state index >= 15 is 0 Å². The zero-order valence-corrected chi connectivity index (χ0v) is 14.5. The van der Waals surface area contributed by atoms with E-state index in [1.54, 1.807) is 0 Å². The number of anilines is 2. The van der Waals surface area contributed by atoms with Crippen molar-refractivity contribution in [3.63, 3.8) is 0 Å². The second-order valence-electron chi connectivity index (χ2n) is 5.83. The van der Waals surface area contributed by atoms with E-state index in [2.05, 4.69) is 24.0 Å². The van der Waals surface area contributed by atoms with Gasteiger partial charge in [-0.2, -0.15) is 0 Å². The Bertz CT molecular complexity index is 512. The second kappa shape index (κ2) is 8.04. The normalized spacial score (nSPS) is 23.4. The van der Waals surface area contributed by atoms with Gasteiger partial charge in [-0.05, 0) is 38.3 Å². The number of carbonyl (C=O) groups is 1. The number of carbonyl (C=O) groups excluding carboxylic acids is 1. The summed E-state index contributed by atoms with van der Waals surface area (Å²) in [7, 11) is 0. The summed E-state index contributed by atoms with van der Waals surface area (Å²) in [6.07, 6.45) is 2.76. The van der Waals surface area contributed by atoms with Crippen LogP contribution in [0.2, 0.25) is 0 Å². The molecule has 1 aromatic rings. The monoisotopic (exact) mass is 345 g/mol. The van der Waals surface area contributed by atoms with Gasteiger partial charge in [0, 0.05) is 31.6 Å². The summed E-state index contributed by atoms with van der Waals surface area (Å²) in [5, 5.41) is 0. The molecule has 1 aliphatic carbocycles. The molecule has 1 saturated carbocycles. The number of rotatable bonds is 2. The van der Waals surface area contributed by atoms with E-state index in [0.29, 0.717) is 0 Å². The molecular weight excluding hydrogens is 321 g/mol. The zero-order valence-electron chi connectivity index (χ0n) is 12.9. The minimum Gasteiger partial charge on any atom is -0.368 e. The van der Waals surface area contributed by atoms with Gasteiger partial charge in [0.1, 0.15) is 0 Å². The van der Waals surface area contributed by atoms with Crippen LogP contribution in [0.4, 0.5) is 11.4 Å². The average molecular weight is 346 g/mol. The molecule has 0 radical (unpaired) electrons. The summed E-state index contributed by atoms with van der Waals surface area (Å²) in [6, 6.07) is 8.43. The third-order valence-corrected chi connectivity index (χ3v) is 4.58. The summed E-state index contributed by atoms with van der Waals surface area (Å²) < 4.78 is 0. The summed E-state index contributed by atoms with van der Waals surface area (Å²) in [5.74, 6) is 0.382. The quantitative estimate of drug-likeness (QED) is 0.896. The molecular formula is C16H25Cl2N3O. The molecule has 1 aromatic carbocycles. The summed E-state index contributed by atoms with van der Waals surface area (Å²) >= 11 is 0. The van der Waals surface area contributed by atoms with Gasteiger partial charge in [-0.25, -0.2) is 0 Å². The molecule has 2 atom stereocenters. The first-order chi connectivity index (χ1) is 9.70. The van der Waals surface area contributed by atoms with Gasteiger partial charge in [0.15, 0.2) is 0 Å². The van der Waals surface area contributed by atoms with E-state index in [1.807, 2.05) is 17.0 Å². The minimum absolute atomic E-state index is 0.